The maximum Gasteiger partial charge on any atom is 0.133 e. The molecule has 3 aromatic rings. The topological polar surface area (TPSA) is 64.9 Å². The van der Waals surface area contributed by atoms with Crippen molar-refractivity contribution in [3.05, 3.63) is 71.6 Å². The summed E-state index contributed by atoms with van der Waals surface area (Å²) in [6.45, 7) is 3.34. The average Bonchev–Trinajstić information content (AvgIpc) is 2.99. The normalized spacial score (nSPS) is 13.7. The summed E-state index contributed by atoms with van der Waals surface area (Å²) < 4.78 is 8.35. The first-order valence-electron chi connectivity index (χ1n) is 10.6. The van der Waals surface area contributed by atoms with Crippen LogP contribution in [0.2, 0.25) is 0 Å². The number of aryl methyl sites for hydroxylation is 2. The van der Waals surface area contributed by atoms with E-state index in [9.17, 15) is 0 Å². The van der Waals surface area contributed by atoms with Crippen LogP contribution in [0.25, 0.3) is 0 Å². The summed E-state index contributed by atoms with van der Waals surface area (Å²) in [6.07, 6.45) is 10.5. The van der Waals surface area contributed by atoms with Crippen molar-refractivity contribution in [2.24, 2.45) is 0 Å². The molecule has 0 aliphatic carbocycles. The number of hydrogen-bond donors (Lipinski definition) is 1. The molecule has 0 atom stereocenters. The molecule has 6 heteroatoms. The van der Waals surface area contributed by atoms with E-state index in [1.807, 2.05) is 30.5 Å². The van der Waals surface area contributed by atoms with Crippen molar-refractivity contribution in [2.75, 3.05) is 6.54 Å². The smallest absolute Gasteiger partial charge is 0.133 e. The zero-order valence-corrected chi connectivity index (χ0v) is 16.9. The van der Waals surface area contributed by atoms with Crippen LogP contribution in [0.15, 0.2) is 48.8 Å². The van der Waals surface area contributed by atoms with Crippen molar-refractivity contribution in [2.45, 2.75) is 58.2 Å². The monoisotopic (exact) mass is 391 g/mol. The Labute approximate surface area is 172 Å². The van der Waals surface area contributed by atoms with Gasteiger partial charge in [-0.3, -0.25) is 4.98 Å². The molecule has 1 aliphatic rings. The standard InChI is InChI=1S/C23H29N5O/c1-2-11-22-26-27-23(28(22)15-5-1)12-7-14-25-17-20-9-3-4-10-21(20)29-18-19-8-6-13-24-16-19/h3-4,6,8-10,13,16,25H,1-2,5,7,11-12,14-15,17-18H2. The van der Waals surface area contributed by atoms with Crippen LogP contribution in [0, 0.1) is 0 Å². The predicted octanol–water partition coefficient (Wildman–Crippen LogP) is 3.70. The fraction of sp³-hybridized carbons (Fsp3) is 0.435. The van der Waals surface area contributed by atoms with Crippen LogP contribution in [0.4, 0.5) is 0 Å². The van der Waals surface area contributed by atoms with E-state index >= 15 is 0 Å². The molecule has 6 nitrogen and oxygen atoms in total. The van der Waals surface area contributed by atoms with Crippen LogP contribution in [0.1, 0.15) is 48.5 Å². The first-order chi connectivity index (χ1) is 14.4. The third-order valence-corrected chi connectivity index (χ3v) is 5.35. The molecule has 0 saturated heterocycles. The molecule has 29 heavy (non-hydrogen) atoms. The third kappa shape index (κ3) is 5.41. The number of para-hydroxylation sites is 1. The fourth-order valence-electron chi connectivity index (χ4n) is 3.76. The molecular weight excluding hydrogens is 362 g/mol. The average molecular weight is 392 g/mol. The van der Waals surface area contributed by atoms with Gasteiger partial charge in [0, 0.05) is 49.5 Å². The van der Waals surface area contributed by atoms with Crippen molar-refractivity contribution in [3.8, 4) is 5.75 Å². The van der Waals surface area contributed by atoms with Crippen LogP contribution in [0.5, 0.6) is 5.75 Å². The molecule has 2 aromatic heterocycles. The number of fused-ring (bicyclic) bond motifs is 1. The van der Waals surface area contributed by atoms with Crippen molar-refractivity contribution < 1.29 is 4.74 Å². The van der Waals surface area contributed by atoms with Crippen molar-refractivity contribution in [1.82, 2.24) is 25.1 Å². The first kappa shape index (κ1) is 19.6. The number of aromatic nitrogens is 4. The molecule has 0 bridgehead atoms. The summed E-state index contributed by atoms with van der Waals surface area (Å²) in [7, 11) is 0. The minimum absolute atomic E-state index is 0.531. The van der Waals surface area contributed by atoms with Crippen molar-refractivity contribution in [3.63, 3.8) is 0 Å². The summed E-state index contributed by atoms with van der Waals surface area (Å²) in [6, 6.07) is 12.2. The Morgan fingerprint density at radius 3 is 2.93 bits per heavy atom. The van der Waals surface area contributed by atoms with Crippen LogP contribution >= 0.6 is 0 Å². The van der Waals surface area contributed by atoms with Crippen molar-refractivity contribution >= 4 is 0 Å². The number of nitrogens with one attached hydrogen (secondary N) is 1. The zero-order chi connectivity index (χ0) is 19.7. The molecule has 1 N–H and O–H groups in total. The minimum Gasteiger partial charge on any atom is -0.489 e. The van der Waals surface area contributed by atoms with Gasteiger partial charge in [-0.25, -0.2) is 0 Å². The fourth-order valence-corrected chi connectivity index (χ4v) is 3.76. The molecule has 0 saturated carbocycles. The second kappa shape index (κ2) is 10.2. The van der Waals surface area contributed by atoms with Gasteiger partial charge in [0.25, 0.3) is 0 Å². The second-order valence-electron chi connectivity index (χ2n) is 7.53. The van der Waals surface area contributed by atoms with Crippen LogP contribution in [-0.2, 0) is 32.5 Å². The van der Waals surface area contributed by atoms with Gasteiger partial charge in [-0.1, -0.05) is 30.7 Å². The lowest BCUT2D eigenvalue weighted by molar-refractivity contribution is 0.301. The van der Waals surface area contributed by atoms with E-state index in [1.54, 1.807) is 6.20 Å². The summed E-state index contributed by atoms with van der Waals surface area (Å²) in [5.41, 5.74) is 2.25. The summed E-state index contributed by atoms with van der Waals surface area (Å²) >= 11 is 0. The zero-order valence-electron chi connectivity index (χ0n) is 16.9. The molecule has 152 valence electrons. The van der Waals surface area contributed by atoms with Gasteiger partial charge >= 0.3 is 0 Å². The lowest BCUT2D eigenvalue weighted by Crippen LogP contribution is -2.17. The lowest BCUT2D eigenvalue weighted by Gasteiger charge is -2.12. The molecule has 0 radical (unpaired) electrons. The van der Waals surface area contributed by atoms with Gasteiger partial charge in [-0.15, -0.1) is 10.2 Å². The number of benzene rings is 1. The van der Waals surface area contributed by atoms with E-state index in [2.05, 4.69) is 37.2 Å². The summed E-state index contributed by atoms with van der Waals surface area (Å²) in [5.74, 6) is 3.24. The van der Waals surface area contributed by atoms with Gasteiger partial charge in [0.05, 0.1) is 0 Å². The van der Waals surface area contributed by atoms with Crippen LogP contribution in [-0.4, -0.2) is 26.3 Å². The van der Waals surface area contributed by atoms with Gasteiger partial charge in [-0.2, -0.15) is 0 Å². The number of rotatable bonds is 9. The maximum atomic E-state index is 6.01. The highest BCUT2D eigenvalue weighted by molar-refractivity contribution is 5.33. The number of ether oxygens (including phenoxy) is 1. The predicted molar refractivity (Wildman–Crippen MR) is 113 cm³/mol. The Kier molecular flexibility index (Phi) is 6.86. The molecule has 0 amide bonds. The molecule has 0 fully saturated rings. The Balaban J connectivity index is 1.23. The van der Waals surface area contributed by atoms with Gasteiger partial charge in [0.2, 0.25) is 0 Å². The van der Waals surface area contributed by atoms with E-state index in [0.717, 1.165) is 56.0 Å². The third-order valence-electron chi connectivity index (χ3n) is 5.35. The lowest BCUT2D eigenvalue weighted by atomic mass is 10.2. The van der Waals surface area contributed by atoms with Gasteiger partial charge < -0.3 is 14.6 Å². The molecule has 3 heterocycles. The van der Waals surface area contributed by atoms with E-state index in [1.165, 1.54) is 30.7 Å². The summed E-state index contributed by atoms with van der Waals surface area (Å²) in [4.78, 5) is 4.14. The van der Waals surface area contributed by atoms with E-state index in [4.69, 9.17) is 4.74 Å². The second-order valence-corrected chi connectivity index (χ2v) is 7.53. The van der Waals surface area contributed by atoms with E-state index < -0.39 is 0 Å². The highest BCUT2D eigenvalue weighted by Crippen LogP contribution is 2.19. The maximum absolute atomic E-state index is 6.01. The first-order valence-corrected chi connectivity index (χ1v) is 10.6. The minimum atomic E-state index is 0.531. The van der Waals surface area contributed by atoms with E-state index in [0.29, 0.717) is 6.61 Å². The van der Waals surface area contributed by atoms with Crippen LogP contribution < -0.4 is 10.1 Å². The highest BCUT2D eigenvalue weighted by Gasteiger charge is 2.14. The highest BCUT2D eigenvalue weighted by atomic mass is 16.5. The number of nitrogens with zero attached hydrogens (tertiary/aromatic N) is 4. The Hall–Kier alpha value is -2.73. The van der Waals surface area contributed by atoms with Crippen molar-refractivity contribution in [1.29, 1.82) is 0 Å². The molecule has 1 aromatic carbocycles. The molecule has 1 aliphatic heterocycles. The van der Waals surface area contributed by atoms with Gasteiger partial charge in [-0.05, 0) is 37.9 Å². The quantitative estimate of drug-likeness (QED) is 0.564. The Morgan fingerprint density at radius 1 is 1.03 bits per heavy atom. The van der Waals surface area contributed by atoms with E-state index in [-0.39, 0.29) is 0 Å². The van der Waals surface area contributed by atoms with Crippen LogP contribution in [0.3, 0.4) is 0 Å². The summed E-state index contributed by atoms with van der Waals surface area (Å²) in [5, 5.41) is 12.4. The molecular formula is C23H29N5O. The number of hydrogen-bond acceptors (Lipinski definition) is 5. The Morgan fingerprint density at radius 2 is 2.00 bits per heavy atom. The molecule has 4 rings (SSSR count). The molecule has 0 unspecified atom stereocenters. The SMILES string of the molecule is c1cncc(COc2ccccc2CNCCCc2nnc3n2CCCCC3)c1. The largest absolute Gasteiger partial charge is 0.489 e. The number of pyridine rings is 1. The molecule has 0 spiro atoms. The Bertz CT molecular complexity index is 893. The van der Waals surface area contributed by atoms with Gasteiger partial charge in [0.15, 0.2) is 0 Å². The van der Waals surface area contributed by atoms with Gasteiger partial charge in [0.1, 0.15) is 24.0 Å².